The zero-order chi connectivity index (χ0) is 18.7. The van der Waals surface area contributed by atoms with E-state index in [1.54, 1.807) is 12.1 Å². The van der Waals surface area contributed by atoms with E-state index < -0.39 is 27.8 Å². The van der Waals surface area contributed by atoms with Gasteiger partial charge in [-0.2, -0.15) is 4.72 Å². The second-order valence-electron chi connectivity index (χ2n) is 5.85. The molecule has 0 aliphatic heterocycles. The molecule has 134 valence electrons. The van der Waals surface area contributed by atoms with Crippen LogP contribution in [-0.4, -0.2) is 20.4 Å². The van der Waals surface area contributed by atoms with Gasteiger partial charge in [0.15, 0.2) is 0 Å². The SMILES string of the molecule is C[C@@H](NS(=O)(=O)c1ccc2ccccc2c1)C(=O)Nc1cccc(F)c1. The average Bonchev–Trinajstić information content (AvgIpc) is 2.61. The number of rotatable bonds is 5. The van der Waals surface area contributed by atoms with Gasteiger partial charge in [0, 0.05) is 5.69 Å². The summed E-state index contributed by atoms with van der Waals surface area (Å²) in [6.45, 7) is 1.42. The zero-order valence-electron chi connectivity index (χ0n) is 13.9. The van der Waals surface area contributed by atoms with E-state index in [2.05, 4.69) is 10.0 Å². The van der Waals surface area contributed by atoms with E-state index in [4.69, 9.17) is 0 Å². The van der Waals surface area contributed by atoms with E-state index in [1.165, 1.54) is 31.2 Å². The molecule has 0 bridgehead atoms. The van der Waals surface area contributed by atoms with Gasteiger partial charge in [-0.1, -0.05) is 36.4 Å². The fourth-order valence-electron chi connectivity index (χ4n) is 2.51. The number of carbonyl (C=O) groups is 1. The van der Waals surface area contributed by atoms with Crippen LogP contribution in [0.3, 0.4) is 0 Å². The Hall–Kier alpha value is -2.77. The van der Waals surface area contributed by atoms with Gasteiger partial charge in [-0.25, -0.2) is 12.8 Å². The van der Waals surface area contributed by atoms with Crippen molar-refractivity contribution in [1.29, 1.82) is 0 Å². The Morgan fingerprint density at radius 1 is 0.962 bits per heavy atom. The van der Waals surface area contributed by atoms with Gasteiger partial charge in [-0.05, 0) is 48.0 Å². The lowest BCUT2D eigenvalue weighted by Crippen LogP contribution is -2.41. The molecule has 0 saturated carbocycles. The first kappa shape index (κ1) is 18.0. The number of anilines is 1. The number of hydrogen-bond acceptors (Lipinski definition) is 3. The fraction of sp³-hybridized carbons (Fsp3) is 0.105. The second kappa shape index (κ2) is 7.23. The maximum absolute atomic E-state index is 13.2. The number of halogens is 1. The molecule has 3 rings (SSSR count). The van der Waals surface area contributed by atoms with Crippen molar-refractivity contribution in [2.45, 2.75) is 17.9 Å². The highest BCUT2D eigenvalue weighted by molar-refractivity contribution is 7.89. The number of amides is 1. The van der Waals surface area contributed by atoms with Crippen molar-refractivity contribution < 1.29 is 17.6 Å². The van der Waals surface area contributed by atoms with Gasteiger partial charge in [-0.15, -0.1) is 0 Å². The molecule has 7 heteroatoms. The third-order valence-electron chi connectivity index (χ3n) is 3.85. The second-order valence-corrected chi connectivity index (χ2v) is 7.57. The van der Waals surface area contributed by atoms with Gasteiger partial charge in [0.05, 0.1) is 10.9 Å². The summed E-state index contributed by atoms with van der Waals surface area (Å²) in [5.41, 5.74) is 0.256. The number of carbonyl (C=O) groups excluding carboxylic acids is 1. The standard InChI is InChI=1S/C19H17FN2O3S/c1-13(19(23)21-17-8-4-7-16(20)12-17)22-26(24,25)18-10-9-14-5-2-3-6-15(14)11-18/h2-13,22H,1H3,(H,21,23)/t13-/m1/s1. The highest BCUT2D eigenvalue weighted by Gasteiger charge is 2.22. The number of sulfonamides is 1. The van der Waals surface area contributed by atoms with E-state index in [0.29, 0.717) is 0 Å². The van der Waals surface area contributed by atoms with Crippen molar-refractivity contribution in [2.75, 3.05) is 5.32 Å². The summed E-state index contributed by atoms with van der Waals surface area (Å²) in [5, 5.41) is 4.18. The molecular weight excluding hydrogens is 355 g/mol. The monoisotopic (exact) mass is 372 g/mol. The molecule has 2 N–H and O–H groups in total. The molecule has 0 saturated heterocycles. The first-order valence-corrected chi connectivity index (χ1v) is 9.41. The molecule has 0 aliphatic carbocycles. The van der Waals surface area contributed by atoms with Crippen LogP contribution >= 0.6 is 0 Å². The minimum atomic E-state index is -3.88. The molecule has 3 aromatic carbocycles. The maximum atomic E-state index is 13.2. The summed E-state index contributed by atoms with van der Waals surface area (Å²) in [6.07, 6.45) is 0. The molecular formula is C19H17FN2O3S. The Labute approximate surface area is 150 Å². The van der Waals surface area contributed by atoms with Gasteiger partial charge in [0.25, 0.3) is 0 Å². The van der Waals surface area contributed by atoms with Crippen LogP contribution < -0.4 is 10.0 Å². The molecule has 0 unspecified atom stereocenters. The van der Waals surface area contributed by atoms with Crippen molar-refractivity contribution in [1.82, 2.24) is 4.72 Å². The third kappa shape index (κ3) is 4.07. The normalized spacial score (nSPS) is 12.7. The van der Waals surface area contributed by atoms with Gasteiger partial charge in [0.1, 0.15) is 5.82 Å². The van der Waals surface area contributed by atoms with Crippen LogP contribution in [0.25, 0.3) is 10.8 Å². The highest BCUT2D eigenvalue weighted by Crippen LogP contribution is 2.19. The number of hydrogen-bond donors (Lipinski definition) is 2. The largest absolute Gasteiger partial charge is 0.325 e. The first-order chi connectivity index (χ1) is 12.3. The number of nitrogens with one attached hydrogen (secondary N) is 2. The molecule has 0 radical (unpaired) electrons. The van der Waals surface area contributed by atoms with E-state index in [0.717, 1.165) is 16.8 Å². The van der Waals surface area contributed by atoms with Crippen molar-refractivity contribution in [2.24, 2.45) is 0 Å². The Morgan fingerprint density at radius 3 is 2.42 bits per heavy atom. The quantitative estimate of drug-likeness (QED) is 0.722. The van der Waals surface area contributed by atoms with Crippen molar-refractivity contribution in [3.05, 3.63) is 72.5 Å². The topological polar surface area (TPSA) is 75.3 Å². The molecule has 0 aliphatic rings. The summed E-state index contributed by atoms with van der Waals surface area (Å²) >= 11 is 0. The van der Waals surface area contributed by atoms with Crippen LogP contribution in [-0.2, 0) is 14.8 Å². The van der Waals surface area contributed by atoms with Crippen LogP contribution in [0.5, 0.6) is 0 Å². The van der Waals surface area contributed by atoms with Crippen LogP contribution in [0.2, 0.25) is 0 Å². The van der Waals surface area contributed by atoms with Crippen LogP contribution in [0, 0.1) is 5.82 Å². The van der Waals surface area contributed by atoms with Crippen molar-refractivity contribution >= 4 is 32.4 Å². The van der Waals surface area contributed by atoms with E-state index in [-0.39, 0.29) is 10.6 Å². The van der Waals surface area contributed by atoms with Gasteiger partial charge >= 0.3 is 0 Å². The Bertz CT molecular complexity index is 1070. The lowest BCUT2D eigenvalue weighted by molar-refractivity contribution is -0.117. The Balaban J connectivity index is 1.75. The fourth-order valence-corrected chi connectivity index (χ4v) is 3.74. The first-order valence-electron chi connectivity index (χ1n) is 7.93. The minimum Gasteiger partial charge on any atom is -0.325 e. The molecule has 0 spiro atoms. The van der Waals surface area contributed by atoms with E-state index >= 15 is 0 Å². The molecule has 3 aromatic rings. The molecule has 0 fully saturated rings. The Kier molecular flexibility index (Phi) is 5.01. The van der Waals surface area contributed by atoms with Crippen LogP contribution in [0.15, 0.2) is 71.6 Å². The van der Waals surface area contributed by atoms with Gasteiger partial charge in [0.2, 0.25) is 15.9 Å². The van der Waals surface area contributed by atoms with Crippen LogP contribution in [0.4, 0.5) is 10.1 Å². The lowest BCUT2D eigenvalue weighted by atomic mass is 10.1. The predicted molar refractivity (Wildman–Crippen MR) is 98.8 cm³/mol. The molecule has 26 heavy (non-hydrogen) atoms. The third-order valence-corrected chi connectivity index (χ3v) is 5.39. The summed E-state index contributed by atoms with van der Waals surface area (Å²) < 4.78 is 40.6. The highest BCUT2D eigenvalue weighted by atomic mass is 32.2. The van der Waals surface area contributed by atoms with Crippen molar-refractivity contribution in [3.8, 4) is 0 Å². The smallest absolute Gasteiger partial charge is 0.242 e. The van der Waals surface area contributed by atoms with Gasteiger partial charge in [-0.3, -0.25) is 4.79 Å². The molecule has 5 nitrogen and oxygen atoms in total. The van der Waals surface area contributed by atoms with Crippen molar-refractivity contribution in [3.63, 3.8) is 0 Å². The van der Waals surface area contributed by atoms with E-state index in [9.17, 15) is 17.6 Å². The average molecular weight is 372 g/mol. The molecule has 0 aromatic heterocycles. The maximum Gasteiger partial charge on any atom is 0.242 e. The summed E-state index contributed by atoms with van der Waals surface area (Å²) in [5.74, 6) is -1.08. The zero-order valence-corrected chi connectivity index (χ0v) is 14.8. The number of fused-ring (bicyclic) bond motifs is 1. The summed E-state index contributed by atoms with van der Waals surface area (Å²) in [7, 11) is -3.88. The van der Waals surface area contributed by atoms with E-state index in [1.807, 2.05) is 24.3 Å². The molecule has 1 atom stereocenters. The lowest BCUT2D eigenvalue weighted by Gasteiger charge is -2.15. The Morgan fingerprint density at radius 2 is 1.69 bits per heavy atom. The van der Waals surface area contributed by atoms with Gasteiger partial charge < -0.3 is 5.32 Å². The van der Waals surface area contributed by atoms with Crippen LogP contribution in [0.1, 0.15) is 6.92 Å². The predicted octanol–water partition coefficient (Wildman–Crippen LogP) is 3.28. The number of benzene rings is 3. The summed E-state index contributed by atoms with van der Waals surface area (Å²) in [4.78, 5) is 12.3. The molecule has 0 heterocycles. The summed E-state index contributed by atoms with van der Waals surface area (Å²) in [6, 6.07) is 16.5. The molecule has 1 amide bonds. The minimum absolute atomic E-state index is 0.0709.